The number of nitrogens with one attached hydrogen (secondary N) is 2. The lowest BCUT2D eigenvalue weighted by atomic mass is 10.1. The van der Waals surface area contributed by atoms with Gasteiger partial charge in [0.2, 0.25) is 5.91 Å². The molecule has 146 valence electrons. The van der Waals surface area contributed by atoms with Crippen LogP contribution in [0, 0.1) is 13.8 Å². The van der Waals surface area contributed by atoms with Crippen molar-refractivity contribution >= 4 is 35.1 Å². The van der Waals surface area contributed by atoms with Gasteiger partial charge >= 0.3 is 0 Å². The number of hydrogen-bond acceptors (Lipinski definition) is 5. The van der Waals surface area contributed by atoms with Gasteiger partial charge in [-0.15, -0.1) is 0 Å². The van der Waals surface area contributed by atoms with Gasteiger partial charge in [0, 0.05) is 17.5 Å². The summed E-state index contributed by atoms with van der Waals surface area (Å²) in [6, 6.07) is 7.52. The van der Waals surface area contributed by atoms with E-state index in [1.807, 2.05) is 39.0 Å². The monoisotopic (exact) mass is 405 g/mol. The van der Waals surface area contributed by atoms with Crippen LogP contribution in [0.2, 0.25) is 0 Å². The molecule has 1 amide bonds. The highest BCUT2D eigenvalue weighted by Gasteiger charge is 2.20. The van der Waals surface area contributed by atoms with E-state index in [-0.39, 0.29) is 16.7 Å². The zero-order valence-electron chi connectivity index (χ0n) is 16.3. The molecule has 1 unspecified atom stereocenters. The van der Waals surface area contributed by atoms with Gasteiger partial charge in [-0.05, 0) is 49.6 Å². The first-order chi connectivity index (χ1) is 12.9. The average Bonchev–Trinajstić information content (AvgIpc) is 2.62. The molecular weight excluding hydrogens is 378 g/mol. The molecule has 0 aliphatic heterocycles. The molecule has 0 aliphatic rings. The largest absolute Gasteiger partial charge is 0.325 e. The number of aryl methyl sites for hydroxylation is 2. The predicted octanol–water partition coefficient (Wildman–Crippen LogP) is 4.54. The molecule has 2 rings (SSSR count). The number of H-pyrrole nitrogens is 1. The number of anilines is 1. The van der Waals surface area contributed by atoms with Crippen LogP contribution in [0.3, 0.4) is 0 Å². The summed E-state index contributed by atoms with van der Waals surface area (Å²) in [4.78, 5) is 31.9. The number of aromatic nitrogens is 2. The Labute approximate surface area is 169 Å². The Balaban J connectivity index is 2.10. The third kappa shape index (κ3) is 6.74. The van der Waals surface area contributed by atoms with Crippen LogP contribution in [0.4, 0.5) is 5.69 Å². The SMILES string of the molecule is CCCSCc1cc(=O)[nH]c(SC(CC)C(=O)Nc2cc(C)ccc2C)n1. The smallest absolute Gasteiger partial charge is 0.251 e. The van der Waals surface area contributed by atoms with E-state index in [0.29, 0.717) is 17.3 Å². The maximum absolute atomic E-state index is 12.7. The Kier molecular flexibility index (Phi) is 8.44. The number of thioether (sulfide) groups is 2. The van der Waals surface area contributed by atoms with Crippen LogP contribution in [0.1, 0.15) is 43.5 Å². The molecule has 0 spiro atoms. The molecule has 27 heavy (non-hydrogen) atoms. The van der Waals surface area contributed by atoms with Crippen molar-refractivity contribution in [1.29, 1.82) is 0 Å². The van der Waals surface area contributed by atoms with Gasteiger partial charge in [0.1, 0.15) is 0 Å². The summed E-state index contributed by atoms with van der Waals surface area (Å²) in [5.41, 5.74) is 3.52. The summed E-state index contributed by atoms with van der Waals surface area (Å²) >= 11 is 3.06. The highest BCUT2D eigenvalue weighted by molar-refractivity contribution is 8.00. The number of hydrogen-bond donors (Lipinski definition) is 2. The Morgan fingerprint density at radius 3 is 2.74 bits per heavy atom. The van der Waals surface area contributed by atoms with Gasteiger partial charge in [-0.1, -0.05) is 37.7 Å². The van der Waals surface area contributed by atoms with Crippen molar-refractivity contribution in [2.75, 3.05) is 11.1 Å². The molecule has 2 aromatic rings. The van der Waals surface area contributed by atoms with Crippen molar-refractivity contribution in [3.05, 3.63) is 51.4 Å². The molecule has 0 fully saturated rings. The third-order valence-corrected chi connectivity index (χ3v) is 6.38. The fourth-order valence-electron chi connectivity index (χ4n) is 2.48. The van der Waals surface area contributed by atoms with E-state index < -0.39 is 0 Å². The molecular formula is C20H27N3O2S2. The highest BCUT2D eigenvalue weighted by Crippen LogP contribution is 2.25. The maximum Gasteiger partial charge on any atom is 0.251 e. The summed E-state index contributed by atoms with van der Waals surface area (Å²) in [6.07, 6.45) is 1.73. The summed E-state index contributed by atoms with van der Waals surface area (Å²) in [5, 5.41) is 3.18. The minimum absolute atomic E-state index is 0.0791. The number of amides is 1. The van der Waals surface area contributed by atoms with Crippen LogP contribution >= 0.6 is 23.5 Å². The molecule has 0 bridgehead atoms. The minimum Gasteiger partial charge on any atom is -0.325 e. The zero-order valence-corrected chi connectivity index (χ0v) is 17.9. The second kappa shape index (κ2) is 10.6. The van der Waals surface area contributed by atoms with Gasteiger partial charge in [-0.2, -0.15) is 11.8 Å². The molecule has 0 saturated carbocycles. The Morgan fingerprint density at radius 2 is 2.04 bits per heavy atom. The van der Waals surface area contributed by atoms with Crippen LogP contribution in [0.5, 0.6) is 0 Å². The van der Waals surface area contributed by atoms with Crippen LogP contribution in [-0.4, -0.2) is 26.9 Å². The van der Waals surface area contributed by atoms with Crippen molar-refractivity contribution in [3.63, 3.8) is 0 Å². The lowest BCUT2D eigenvalue weighted by Crippen LogP contribution is -2.25. The summed E-state index contributed by atoms with van der Waals surface area (Å²) in [5.74, 6) is 1.66. The first kappa shape index (κ1) is 21.6. The van der Waals surface area contributed by atoms with Crippen LogP contribution < -0.4 is 10.9 Å². The van der Waals surface area contributed by atoms with E-state index >= 15 is 0 Å². The molecule has 1 heterocycles. The average molecular weight is 406 g/mol. The second-order valence-corrected chi connectivity index (χ2v) is 8.71. The number of carbonyl (C=O) groups excluding carboxylic acids is 1. The van der Waals surface area contributed by atoms with Gasteiger partial charge in [0.05, 0.1) is 10.9 Å². The molecule has 0 radical (unpaired) electrons. The number of rotatable bonds is 9. The lowest BCUT2D eigenvalue weighted by Gasteiger charge is -2.16. The Bertz CT molecular complexity index is 836. The lowest BCUT2D eigenvalue weighted by molar-refractivity contribution is -0.115. The fourth-order valence-corrected chi connectivity index (χ4v) is 4.20. The standard InChI is InChI=1S/C20H27N3O2S2/c1-5-9-26-12-15-11-18(24)23-20(21-15)27-17(6-2)19(25)22-16-10-13(3)7-8-14(16)4/h7-8,10-11,17H,5-6,9,12H2,1-4H3,(H,22,25)(H,21,23,24). The second-order valence-electron chi connectivity index (χ2n) is 6.42. The van der Waals surface area contributed by atoms with Gasteiger partial charge in [0.15, 0.2) is 5.16 Å². The number of benzene rings is 1. The fraction of sp³-hybridized carbons (Fsp3) is 0.450. The first-order valence-electron chi connectivity index (χ1n) is 9.15. The van der Waals surface area contributed by atoms with Crippen LogP contribution in [0.25, 0.3) is 0 Å². The van der Waals surface area contributed by atoms with E-state index in [2.05, 4.69) is 22.2 Å². The van der Waals surface area contributed by atoms with Crippen LogP contribution in [-0.2, 0) is 10.5 Å². The molecule has 0 saturated heterocycles. The van der Waals surface area contributed by atoms with Crippen molar-refractivity contribution in [1.82, 2.24) is 9.97 Å². The molecule has 1 atom stereocenters. The van der Waals surface area contributed by atoms with Gasteiger partial charge in [0.25, 0.3) is 5.56 Å². The molecule has 0 aliphatic carbocycles. The van der Waals surface area contributed by atoms with Crippen molar-refractivity contribution in [3.8, 4) is 0 Å². The van der Waals surface area contributed by atoms with Crippen molar-refractivity contribution in [2.24, 2.45) is 0 Å². The normalized spacial score (nSPS) is 12.0. The van der Waals surface area contributed by atoms with Crippen LogP contribution in [0.15, 0.2) is 34.2 Å². The molecule has 1 aromatic heterocycles. The van der Waals surface area contributed by atoms with Gasteiger partial charge < -0.3 is 10.3 Å². The Morgan fingerprint density at radius 1 is 1.26 bits per heavy atom. The summed E-state index contributed by atoms with van der Waals surface area (Å²) < 4.78 is 0. The molecule has 5 nitrogen and oxygen atoms in total. The quantitative estimate of drug-likeness (QED) is 0.364. The predicted molar refractivity (Wildman–Crippen MR) is 116 cm³/mol. The van der Waals surface area contributed by atoms with E-state index in [1.54, 1.807) is 11.8 Å². The van der Waals surface area contributed by atoms with E-state index in [9.17, 15) is 9.59 Å². The molecule has 1 aromatic carbocycles. The van der Waals surface area contributed by atoms with E-state index in [0.717, 1.165) is 34.7 Å². The van der Waals surface area contributed by atoms with Crippen molar-refractivity contribution in [2.45, 2.75) is 56.7 Å². The number of aromatic amines is 1. The summed E-state index contributed by atoms with van der Waals surface area (Å²) in [6.45, 7) is 8.05. The summed E-state index contributed by atoms with van der Waals surface area (Å²) in [7, 11) is 0. The molecule has 7 heteroatoms. The minimum atomic E-state index is -0.327. The van der Waals surface area contributed by atoms with Gasteiger partial charge in [-0.3, -0.25) is 9.59 Å². The number of carbonyl (C=O) groups is 1. The van der Waals surface area contributed by atoms with E-state index in [1.165, 1.54) is 17.8 Å². The number of nitrogens with zero attached hydrogens (tertiary/aromatic N) is 1. The Hall–Kier alpha value is -1.73. The van der Waals surface area contributed by atoms with Gasteiger partial charge in [-0.25, -0.2) is 4.98 Å². The topological polar surface area (TPSA) is 74.8 Å². The van der Waals surface area contributed by atoms with E-state index in [4.69, 9.17) is 0 Å². The zero-order chi connectivity index (χ0) is 19.8. The highest BCUT2D eigenvalue weighted by atomic mass is 32.2. The third-order valence-electron chi connectivity index (χ3n) is 3.94. The maximum atomic E-state index is 12.7. The first-order valence-corrected chi connectivity index (χ1v) is 11.2. The molecule has 2 N–H and O–H groups in total. The van der Waals surface area contributed by atoms with Crippen molar-refractivity contribution < 1.29 is 4.79 Å².